The van der Waals surface area contributed by atoms with E-state index in [9.17, 15) is 0 Å². The number of aryl methyl sites for hydroxylation is 2. The van der Waals surface area contributed by atoms with Crippen LogP contribution in [-0.2, 0) is 6.54 Å². The molecule has 2 rings (SSSR count). The summed E-state index contributed by atoms with van der Waals surface area (Å²) in [5.41, 5.74) is 7.62. The molecule has 0 saturated heterocycles. The van der Waals surface area contributed by atoms with Crippen molar-refractivity contribution in [3.05, 3.63) is 24.3 Å². The number of nitrogens with zero attached hydrogens (tertiary/aromatic N) is 3. The van der Waals surface area contributed by atoms with Crippen LogP contribution in [0.3, 0.4) is 0 Å². The van der Waals surface area contributed by atoms with Crippen LogP contribution in [0.15, 0.2) is 18.5 Å². The number of hydrogen-bond acceptors (Lipinski definition) is 3. The van der Waals surface area contributed by atoms with E-state index in [0.29, 0.717) is 0 Å². The number of fused-ring (bicyclic) bond motifs is 1. The maximum Gasteiger partial charge on any atom is 0.107 e. The van der Waals surface area contributed by atoms with Crippen molar-refractivity contribution in [3.8, 4) is 0 Å². The second kappa shape index (κ2) is 4.40. The largest absolute Gasteiger partial charge is 0.330 e. The maximum atomic E-state index is 5.48. The van der Waals surface area contributed by atoms with E-state index in [-0.39, 0.29) is 0 Å². The number of unbranched alkanes of at least 4 members (excludes halogenated alkanes) is 1. The van der Waals surface area contributed by atoms with Gasteiger partial charge in [0.25, 0.3) is 0 Å². The van der Waals surface area contributed by atoms with Gasteiger partial charge in [-0.2, -0.15) is 0 Å². The van der Waals surface area contributed by atoms with Gasteiger partial charge in [0.05, 0.1) is 11.7 Å². The van der Waals surface area contributed by atoms with Crippen LogP contribution >= 0.6 is 0 Å². The van der Waals surface area contributed by atoms with Gasteiger partial charge < -0.3 is 10.3 Å². The highest BCUT2D eigenvalue weighted by molar-refractivity contribution is 5.74. The average Bonchev–Trinajstić information content (AvgIpc) is 2.56. The summed E-state index contributed by atoms with van der Waals surface area (Å²) in [5.74, 6) is 1.05. The van der Waals surface area contributed by atoms with E-state index in [4.69, 9.17) is 5.73 Å². The zero-order chi connectivity index (χ0) is 10.7. The van der Waals surface area contributed by atoms with E-state index in [1.165, 1.54) is 5.52 Å². The Morgan fingerprint density at radius 2 is 2.27 bits per heavy atom. The molecule has 0 aliphatic carbocycles. The fraction of sp³-hybridized carbons (Fsp3) is 0.455. The molecule has 0 bridgehead atoms. The zero-order valence-electron chi connectivity index (χ0n) is 8.98. The van der Waals surface area contributed by atoms with Gasteiger partial charge in [-0.1, -0.05) is 0 Å². The lowest BCUT2D eigenvalue weighted by Crippen LogP contribution is -2.04. The third-order valence-corrected chi connectivity index (χ3v) is 2.58. The van der Waals surface area contributed by atoms with Crippen LogP contribution in [0.5, 0.6) is 0 Å². The summed E-state index contributed by atoms with van der Waals surface area (Å²) in [6, 6.07) is 2.01. The van der Waals surface area contributed by atoms with E-state index >= 15 is 0 Å². The summed E-state index contributed by atoms with van der Waals surface area (Å²) in [6.45, 7) is 3.78. The molecule has 0 unspecified atom stereocenters. The van der Waals surface area contributed by atoms with Crippen molar-refractivity contribution < 1.29 is 0 Å². The fourth-order valence-corrected chi connectivity index (χ4v) is 1.80. The molecule has 0 radical (unpaired) electrons. The van der Waals surface area contributed by atoms with Crippen LogP contribution in [0, 0.1) is 6.92 Å². The highest BCUT2D eigenvalue weighted by Gasteiger charge is 2.05. The topological polar surface area (TPSA) is 56.7 Å². The maximum absolute atomic E-state index is 5.48. The highest BCUT2D eigenvalue weighted by atomic mass is 15.1. The second-order valence-corrected chi connectivity index (χ2v) is 3.67. The van der Waals surface area contributed by atoms with Crippen LogP contribution in [-0.4, -0.2) is 21.1 Å². The van der Waals surface area contributed by atoms with Gasteiger partial charge in [0.1, 0.15) is 11.3 Å². The molecule has 0 spiro atoms. The van der Waals surface area contributed by atoms with Gasteiger partial charge in [-0.25, -0.2) is 4.98 Å². The van der Waals surface area contributed by atoms with Gasteiger partial charge in [-0.05, 0) is 32.4 Å². The lowest BCUT2D eigenvalue weighted by atomic mass is 10.3. The van der Waals surface area contributed by atoms with Crippen molar-refractivity contribution in [2.75, 3.05) is 6.54 Å². The Hall–Kier alpha value is -1.42. The molecule has 2 N–H and O–H groups in total. The van der Waals surface area contributed by atoms with Crippen LogP contribution < -0.4 is 5.73 Å². The van der Waals surface area contributed by atoms with E-state index in [1.54, 1.807) is 0 Å². The van der Waals surface area contributed by atoms with Gasteiger partial charge in [0.15, 0.2) is 0 Å². The molecule has 0 saturated carbocycles. The summed E-state index contributed by atoms with van der Waals surface area (Å²) in [5, 5.41) is 0. The molecule has 0 aliphatic heterocycles. The van der Waals surface area contributed by atoms with Crippen molar-refractivity contribution in [3.63, 3.8) is 0 Å². The monoisotopic (exact) mass is 204 g/mol. The summed E-state index contributed by atoms with van der Waals surface area (Å²) in [4.78, 5) is 8.53. The molecule has 0 aromatic carbocycles. The lowest BCUT2D eigenvalue weighted by molar-refractivity contribution is 0.614. The molecule has 0 amide bonds. The number of nitrogens with two attached hydrogens (primary N) is 1. The van der Waals surface area contributed by atoms with Crippen molar-refractivity contribution >= 4 is 11.0 Å². The lowest BCUT2D eigenvalue weighted by Gasteiger charge is -2.05. The second-order valence-electron chi connectivity index (χ2n) is 3.67. The molecule has 80 valence electrons. The molecule has 2 aromatic rings. The minimum Gasteiger partial charge on any atom is -0.330 e. The Kier molecular flexibility index (Phi) is 2.97. The van der Waals surface area contributed by atoms with E-state index in [2.05, 4.69) is 14.5 Å². The van der Waals surface area contributed by atoms with Crippen LogP contribution in [0.2, 0.25) is 0 Å². The molecule has 2 aromatic heterocycles. The Labute approximate surface area is 89.1 Å². The van der Waals surface area contributed by atoms with Gasteiger partial charge in [0.2, 0.25) is 0 Å². The molecule has 4 nitrogen and oxygen atoms in total. The summed E-state index contributed by atoms with van der Waals surface area (Å²) in [7, 11) is 0. The number of rotatable bonds is 4. The van der Waals surface area contributed by atoms with Gasteiger partial charge >= 0.3 is 0 Å². The average molecular weight is 204 g/mol. The van der Waals surface area contributed by atoms with Gasteiger partial charge in [0, 0.05) is 12.7 Å². The molecule has 15 heavy (non-hydrogen) atoms. The third kappa shape index (κ3) is 1.99. The third-order valence-electron chi connectivity index (χ3n) is 2.58. The SMILES string of the molecule is Cc1nc2cnccc2n1CCCCN. The van der Waals surface area contributed by atoms with Crippen molar-refractivity contribution in [1.82, 2.24) is 14.5 Å². The summed E-state index contributed by atoms with van der Waals surface area (Å²) < 4.78 is 2.23. The Morgan fingerprint density at radius 3 is 3.07 bits per heavy atom. The predicted molar refractivity (Wildman–Crippen MR) is 60.6 cm³/mol. The quantitative estimate of drug-likeness (QED) is 0.767. The summed E-state index contributed by atoms with van der Waals surface area (Å²) in [6.07, 6.45) is 5.78. The molecule has 0 atom stereocenters. The van der Waals surface area contributed by atoms with Crippen LogP contribution in [0.25, 0.3) is 11.0 Å². The van der Waals surface area contributed by atoms with E-state index in [0.717, 1.165) is 37.3 Å². The standard InChI is InChI=1S/C11H16N4/c1-9-14-10-8-13-6-4-11(10)15(9)7-3-2-5-12/h4,6,8H,2-3,5,7,12H2,1H3. The minimum atomic E-state index is 0.757. The Balaban J connectivity index is 2.28. The van der Waals surface area contributed by atoms with Gasteiger partial charge in [-0.15, -0.1) is 0 Å². The first-order chi connectivity index (χ1) is 7.33. The van der Waals surface area contributed by atoms with Crippen LogP contribution in [0.4, 0.5) is 0 Å². The number of pyridine rings is 1. The molecule has 0 fully saturated rings. The first-order valence-corrected chi connectivity index (χ1v) is 5.30. The van der Waals surface area contributed by atoms with Crippen LogP contribution in [0.1, 0.15) is 18.7 Å². The smallest absolute Gasteiger partial charge is 0.107 e. The predicted octanol–water partition coefficient (Wildman–Crippen LogP) is 1.48. The van der Waals surface area contributed by atoms with E-state index in [1.807, 2.05) is 25.4 Å². The van der Waals surface area contributed by atoms with Crippen molar-refractivity contribution in [1.29, 1.82) is 0 Å². The van der Waals surface area contributed by atoms with Gasteiger partial charge in [-0.3, -0.25) is 4.98 Å². The first kappa shape index (κ1) is 10.1. The zero-order valence-corrected chi connectivity index (χ0v) is 8.98. The Bertz CT molecular complexity index is 447. The number of hydrogen-bond donors (Lipinski definition) is 1. The van der Waals surface area contributed by atoms with E-state index < -0.39 is 0 Å². The Morgan fingerprint density at radius 1 is 1.40 bits per heavy atom. The normalized spacial score (nSPS) is 11.1. The molecule has 2 heterocycles. The van der Waals surface area contributed by atoms with Crippen molar-refractivity contribution in [2.45, 2.75) is 26.3 Å². The fourth-order valence-electron chi connectivity index (χ4n) is 1.80. The summed E-state index contributed by atoms with van der Waals surface area (Å²) >= 11 is 0. The minimum absolute atomic E-state index is 0.757. The molecular formula is C11H16N4. The molecule has 0 aliphatic rings. The molecular weight excluding hydrogens is 188 g/mol. The van der Waals surface area contributed by atoms with Crippen molar-refractivity contribution in [2.24, 2.45) is 5.73 Å². The highest BCUT2D eigenvalue weighted by Crippen LogP contribution is 2.14. The first-order valence-electron chi connectivity index (χ1n) is 5.30. The molecule has 4 heteroatoms. The number of aromatic nitrogens is 3. The number of imidazole rings is 1.